The molecule has 3 heteroatoms. The first-order valence-corrected chi connectivity index (χ1v) is 6.65. The summed E-state index contributed by atoms with van der Waals surface area (Å²) in [6, 6.07) is 0.483. The third-order valence-corrected chi connectivity index (χ3v) is 3.47. The molecule has 0 saturated carbocycles. The van der Waals surface area contributed by atoms with E-state index in [0.717, 1.165) is 13.2 Å². The number of ether oxygens (including phenoxy) is 2. The van der Waals surface area contributed by atoms with Crippen LogP contribution in [-0.2, 0) is 9.47 Å². The molecule has 16 heavy (non-hydrogen) atoms. The van der Waals surface area contributed by atoms with E-state index in [4.69, 9.17) is 9.47 Å². The standard InChI is InChI=1S/C13H27NO2/c1-4-14-13(11(2)15-3)9-5-7-12-8-6-10-16-12/h11-14H,4-10H2,1-3H3. The molecule has 0 aliphatic carbocycles. The third-order valence-electron chi connectivity index (χ3n) is 3.47. The minimum Gasteiger partial charge on any atom is -0.380 e. The van der Waals surface area contributed by atoms with Gasteiger partial charge in [0, 0.05) is 19.8 Å². The maximum Gasteiger partial charge on any atom is 0.0696 e. The van der Waals surface area contributed by atoms with Gasteiger partial charge in [-0.2, -0.15) is 0 Å². The number of nitrogens with one attached hydrogen (secondary N) is 1. The van der Waals surface area contributed by atoms with Gasteiger partial charge in [0.2, 0.25) is 0 Å². The maximum atomic E-state index is 5.63. The van der Waals surface area contributed by atoms with Gasteiger partial charge < -0.3 is 14.8 Å². The number of likely N-dealkylation sites (N-methyl/N-ethyl adjacent to an activating group) is 1. The van der Waals surface area contributed by atoms with Crippen LogP contribution >= 0.6 is 0 Å². The summed E-state index contributed by atoms with van der Waals surface area (Å²) in [5.41, 5.74) is 0. The van der Waals surface area contributed by atoms with Crippen molar-refractivity contribution < 1.29 is 9.47 Å². The van der Waals surface area contributed by atoms with Crippen molar-refractivity contribution >= 4 is 0 Å². The smallest absolute Gasteiger partial charge is 0.0696 e. The van der Waals surface area contributed by atoms with Gasteiger partial charge in [-0.25, -0.2) is 0 Å². The van der Waals surface area contributed by atoms with Gasteiger partial charge in [0.15, 0.2) is 0 Å². The Morgan fingerprint density at radius 2 is 2.31 bits per heavy atom. The molecule has 1 heterocycles. The van der Waals surface area contributed by atoms with Crippen LogP contribution in [0, 0.1) is 0 Å². The first-order valence-electron chi connectivity index (χ1n) is 6.65. The highest BCUT2D eigenvalue weighted by Gasteiger charge is 2.18. The molecular weight excluding hydrogens is 202 g/mol. The number of hydrogen-bond acceptors (Lipinski definition) is 3. The van der Waals surface area contributed by atoms with Gasteiger partial charge in [-0.1, -0.05) is 6.92 Å². The molecule has 3 nitrogen and oxygen atoms in total. The molecule has 1 aliphatic heterocycles. The van der Waals surface area contributed by atoms with Gasteiger partial charge in [-0.3, -0.25) is 0 Å². The van der Waals surface area contributed by atoms with E-state index in [1.165, 1.54) is 32.1 Å². The molecule has 1 fully saturated rings. The van der Waals surface area contributed by atoms with Crippen LogP contribution < -0.4 is 5.32 Å². The zero-order valence-corrected chi connectivity index (χ0v) is 11.0. The first kappa shape index (κ1) is 13.9. The summed E-state index contributed by atoms with van der Waals surface area (Å²) >= 11 is 0. The second kappa shape index (κ2) is 8.04. The summed E-state index contributed by atoms with van der Waals surface area (Å²) in [5.74, 6) is 0. The lowest BCUT2D eigenvalue weighted by molar-refractivity contribution is 0.0732. The summed E-state index contributed by atoms with van der Waals surface area (Å²) in [4.78, 5) is 0. The van der Waals surface area contributed by atoms with Crippen LogP contribution in [0.3, 0.4) is 0 Å². The molecule has 3 atom stereocenters. The molecule has 0 radical (unpaired) electrons. The molecule has 0 aromatic heterocycles. The molecule has 1 N–H and O–H groups in total. The van der Waals surface area contributed by atoms with Crippen molar-refractivity contribution in [1.29, 1.82) is 0 Å². The SMILES string of the molecule is CCNC(CCCC1CCCO1)C(C)OC. The minimum atomic E-state index is 0.296. The van der Waals surface area contributed by atoms with Crippen molar-refractivity contribution in [3.05, 3.63) is 0 Å². The van der Waals surface area contributed by atoms with Crippen molar-refractivity contribution in [3.63, 3.8) is 0 Å². The van der Waals surface area contributed by atoms with Gasteiger partial charge in [-0.05, 0) is 45.6 Å². The van der Waals surface area contributed by atoms with Gasteiger partial charge >= 0.3 is 0 Å². The predicted octanol–water partition coefficient (Wildman–Crippen LogP) is 2.35. The molecule has 0 aromatic carbocycles. The summed E-state index contributed by atoms with van der Waals surface area (Å²) < 4.78 is 11.0. The fourth-order valence-corrected chi connectivity index (χ4v) is 2.37. The predicted molar refractivity (Wildman–Crippen MR) is 66.8 cm³/mol. The van der Waals surface area contributed by atoms with Crippen LogP contribution in [0.5, 0.6) is 0 Å². The van der Waals surface area contributed by atoms with Crippen LogP contribution in [0.25, 0.3) is 0 Å². The van der Waals surface area contributed by atoms with Gasteiger partial charge in [0.1, 0.15) is 0 Å². The molecule has 0 aromatic rings. The molecule has 0 amide bonds. The van der Waals surface area contributed by atoms with E-state index in [1.807, 2.05) is 0 Å². The van der Waals surface area contributed by atoms with Crippen molar-refractivity contribution in [2.24, 2.45) is 0 Å². The Kier molecular flexibility index (Phi) is 7.01. The fraction of sp³-hybridized carbons (Fsp3) is 1.00. The zero-order valence-electron chi connectivity index (χ0n) is 11.0. The molecule has 96 valence electrons. The normalized spacial score (nSPS) is 24.6. The highest BCUT2D eigenvalue weighted by Crippen LogP contribution is 2.18. The number of hydrogen-bond donors (Lipinski definition) is 1. The molecule has 3 unspecified atom stereocenters. The Morgan fingerprint density at radius 1 is 1.50 bits per heavy atom. The molecule has 0 spiro atoms. The average molecular weight is 229 g/mol. The lowest BCUT2D eigenvalue weighted by Gasteiger charge is -2.24. The summed E-state index contributed by atoms with van der Waals surface area (Å²) in [6.45, 7) is 6.27. The zero-order chi connectivity index (χ0) is 11.8. The molecule has 1 aliphatic rings. The summed E-state index contributed by atoms with van der Waals surface area (Å²) in [7, 11) is 1.79. The Hall–Kier alpha value is -0.120. The van der Waals surface area contributed by atoms with Crippen molar-refractivity contribution in [2.45, 2.75) is 64.2 Å². The van der Waals surface area contributed by atoms with Crippen molar-refractivity contribution in [2.75, 3.05) is 20.3 Å². The van der Waals surface area contributed by atoms with E-state index < -0.39 is 0 Å². The monoisotopic (exact) mass is 229 g/mol. The second-order valence-electron chi connectivity index (χ2n) is 4.67. The maximum absolute atomic E-state index is 5.63. The van der Waals surface area contributed by atoms with Crippen LogP contribution in [0.4, 0.5) is 0 Å². The Bertz CT molecular complexity index is 169. The molecule has 1 rings (SSSR count). The van der Waals surface area contributed by atoms with E-state index >= 15 is 0 Å². The highest BCUT2D eigenvalue weighted by atomic mass is 16.5. The average Bonchev–Trinajstić information content (AvgIpc) is 2.80. The summed E-state index contributed by atoms with van der Waals surface area (Å²) in [5, 5.41) is 3.49. The highest BCUT2D eigenvalue weighted by molar-refractivity contribution is 4.74. The van der Waals surface area contributed by atoms with Crippen LogP contribution in [0.15, 0.2) is 0 Å². The summed E-state index contributed by atoms with van der Waals surface area (Å²) in [6.07, 6.45) is 6.95. The minimum absolute atomic E-state index is 0.296. The van der Waals surface area contributed by atoms with Crippen molar-refractivity contribution in [1.82, 2.24) is 5.32 Å². The van der Waals surface area contributed by atoms with Gasteiger partial charge in [-0.15, -0.1) is 0 Å². The molecule has 0 bridgehead atoms. The lowest BCUT2D eigenvalue weighted by Crippen LogP contribution is -2.39. The van der Waals surface area contributed by atoms with Crippen molar-refractivity contribution in [3.8, 4) is 0 Å². The molecular formula is C13H27NO2. The Morgan fingerprint density at radius 3 is 2.88 bits per heavy atom. The fourth-order valence-electron chi connectivity index (χ4n) is 2.37. The van der Waals surface area contributed by atoms with E-state index in [9.17, 15) is 0 Å². The van der Waals surface area contributed by atoms with E-state index in [-0.39, 0.29) is 0 Å². The quantitative estimate of drug-likeness (QED) is 0.693. The Balaban J connectivity index is 2.15. The van der Waals surface area contributed by atoms with Crippen LogP contribution in [0.1, 0.15) is 46.0 Å². The third kappa shape index (κ3) is 4.81. The van der Waals surface area contributed by atoms with E-state index in [1.54, 1.807) is 7.11 Å². The topological polar surface area (TPSA) is 30.5 Å². The molecule has 1 saturated heterocycles. The van der Waals surface area contributed by atoms with Gasteiger partial charge in [0.05, 0.1) is 12.2 Å². The van der Waals surface area contributed by atoms with E-state index in [2.05, 4.69) is 19.2 Å². The number of rotatable bonds is 8. The van der Waals surface area contributed by atoms with Crippen LogP contribution in [-0.4, -0.2) is 38.5 Å². The number of methoxy groups -OCH3 is 1. The van der Waals surface area contributed by atoms with E-state index in [0.29, 0.717) is 18.2 Å². The van der Waals surface area contributed by atoms with Crippen LogP contribution in [0.2, 0.25) is 0 Å². The largest absolute Gasteiger partial charge is 0.380 e. The lowest BCUT2D eigenvalue weighted by atomic mass is 10.0. The Labute approximate surface area is 99.9 Å². The first-order chi connectivity index (χ1) is 7.77. The second-order valence-corrected chi connectivity index (χ2v) is 4.67. The van der Waals surface area contributed by atoms with Gasteiger partial charge in [0.25, 0.3) is 0 Å².